The Balaban J connectivity index is 1.44. The number of hydrogen-bond donors (Lipinski definition) is 1. The summed E-state index contributed by atoms with van der Waals surface area (Å²) in [7, 11) is 0. The predicted molar refractivity (Wildman–Crippen MR) is 114 cm³/mol. The summed E-state index contributed by atoms with van der Waals surface area (Å²) < 4.78 is 40.8. The highest BCUT2D eigenvalue weighted by atomic mass is 19.4. The number of nitrogens with one attached hydrogen (secondary N) is 1. The Morgan fingerprint density at radius 3 is 2.39 bits per heavy atom. The lowest BCUT2D eigenvalue weighted by molar-refractivity contribution is -0.137. The second kappa shape index (κ2) is 7.70. The number of hydrogen-bond acceptors (Lipinski definition) is 4. The number of rotatable bonds is 3. The van der Waals surface area contributed by atoms with E-state index in [9.17, 15) is 13.2 Å². The first-order chi connectivity index (χ1) is 15.0. The maximum Gasteiger partial charge on any atom is 0.416 e. The quantitative estimate of drug-likeness (QED) is 0.527. The zero-order valence-electron chi connectivity index (χ0n) is 16.6. The number of aromatic nitrogens is 3. The summed E-state index contributed by atoms with van der Waals surface area (Å²) in [5, 5.41) is 7.67. The topological polar surface area (TPSA) is 45.5 Å². The summed E-state index contributed by atoms with van der Waals surface area (Å²) in [6, 6.07) is 13.5. The van der Waals surface area contributed by atoms with Crippen molar-refractivity contribution in [1.82, 2.24) is 19.9 Å². The van der Waals surface area contributed by atoms with Crippen molar-refractivity contribution >= 4 is 11.3 Å². The van der Waals surface area contributed by atoms with E-state index in [0.29, 0.717) is 16.8 Å². The Morgan fingerprint density at radius 1 is 0.871 bits per heavy atom. The molecule has 1 saturated heterocycles. The number of alkyl halides is 3. The van der Waals surface area contributed by atoms with Gasteiger partial charge in [-0.2, -0.15) is 18.3 Å². The highest BCUT2D eigenvalue weighted by molar-refractivity contribution is 5.78. The Kier molecular flexibility index (Phi) is 4.86. The number of halogens is 3. The fourth-order valence-corrected chi connectivity index (χ4v) is 3.88. The van der Waals surface area contributed by atoms with Gasteiger partial charge in [0, 0.05) is 55.4 Å². The normalized spacial score (nSPS) is 14.9. The molecule has 0 saturated carbocycles. The molecule has 0 unspecified atom stereocenters. The monoisotopic (exact) mass is 423 g/mol. The molecule has 4 aromatic rings. The molecule has 1 aliphatic rings. The molecule has 2 aromatic carbocycles. The third-order valence-corrected chi connectivity index (χ3v) is 5.54. The summed E-state index contributed by atoms with van der Waals surface area (Å²) in [6.45, 7) is 3.93. The molecule has 2 aromatic heterocycles. The minimum atomic E-state index is -4.39. The summed E-state index contributed by atoms with van der Waals surface area (Å²) in [6.07, 6.45) is 0.735. The molecule has 0 atom stereocenters. The Hall–Kier alpha value is -3.39. The van der Waals surface area contributed by atoms with Crippen LogP contribution in [0.3, 0.4) is 0 Å². The molecule has 0 radical (unpaired) electrons. The van der Waals surface area contributed by atoms with Crippen LogP contribution in [0.4, 0.5) is 18.9 Å². The highest BCUT2D eigenvalue weighted by Crippen LogP contribution is 2.33. The van der Waals surface area contributed by atoms with E-state index < -0.39 is 11.7 Å². The average Bonchev–Trinajstić information content (AvgIpc) is 3.23. The molecule has 0 bridgehead atoms. The number of nitrogens with zero attached hydrogens (tertiary/aromatic N) is 4. The number of fused-ring (bicyclic) bond motifs is 1. The SMILES string of the molecule is FC(F)(F)c1cccc(-c2cnn3cc(-c4ccc(N5CCNCC5)cc4)cnc23)c1. The summed E-state index contributed by atoms with van der Waals surface area (Å²) in [5.74, 6) is 0. The molecule has 5 rings (SSSR count). The van der Waals surface area contributed by atoms with E-state index in [1.807, 2.05) is 6.20 Å². The van der Waals surface area contributed by atoms with Gasteiger partial charge in [-0.3, -0.25) is 0 Å². The van der Waals surface area contributed by atoms with Gasteiger partial charge in [-0.05, 0) is 35.4 Å². The summed E-state index contributed by atoms with van der Waals surface area (Å²) in [5.41, 5.74) is 3.90. The van der Waals surface area contributed by atoms with E-state index in [2.05, 4.69) is 44.6 Å². The van der Waals surface area contributed by atoms with Gasteiger partial charge < -0.3 is 10.2 Å². The van der Waals surface area contributed by atoms with E-state index >= 15 is 0 Å². The lowest BCUT2D eigenvalue weighted by Gasteiger charge is -2.29. The van der Waals surface area contributed by atoms with Crippen LogP contribution in [0, 0.1) is 0 Å². The molecular weight excluding hydrogens is 403 g/mol. The Morgan fingerprint density at radius 2 is 1.65 bits per heavy atom. The zero-order valence-corrected chi connectivity index (χ0v) is 16.6. The van der Waals surface area contributed by atoms with Crippen LogP contribution < -0.4 is 10.2 Å². The average molecular weight is 423 g/mol. The lowest BCUT2D eigenvalue weighted by atomic mass is 10.1. The van der Waals surface area contributed by atoms with E-state index in [4.69, 9.17) is 0 Å². The van der Waals surface area contributed by atoms with E-state index in [-0.39, 0.29) is 0 Å². The molecule has 158 valence electrons. The minimum absolute atomic E-state index is 0.436. The molecule has 0 amide bonds. The van der Waals surface area contributed by atoms with Crippen molar-refractivity contribution in [2.75, 3.05) is 31.1 Å². The van der Waals surface area contributed by atoms with Gasteiger partial charge in [-0.25, -0.2) is 9.50 Å². The van der Waals surface area contributed by atoms with Crippen molar-refractivity contribution < 1.29 is 13.2 Å². The van der Waals surface area contributed by atoms with Crippen molar-refractivity contribution in [3.05, 3.63) is 72.7 Å². The molecule has 0 aliphatic carbocycles. The number of benzene rings is 2. The van der Waals surface area contributed by atoms with Crippen molar-refractivity contribution in [3.8, 4) is 22.3 Å². The van der Waals surface area contributed by atoms with Gasteiger partial charge >= 0.3 is 6.18 Å². The molecule has 8 heteroatoms. The molecule has 1 aliphatic heterocycles. The molecule has 1 N–H and O–H groups in total. The van der Waals surface area contributed by atoms with Crippen LogP contribution in [-0.2, 0) is 6.18 Å². The van der Waals surface area contributed by atoms with Crippen LogP contribution in [0.25, 0.3) is 27.9 Å². The Labute approximate surface area is 177 Å². The van der Waals surface area contributed by atoms with Gasteiger partial charge in [0.15, 0.2) is 5.65 Å². The number of anilines is 1. The van der Waals surface area contributed by atoms with Gasteiger partial charge in [0.25, 0.3) is 0 Å². The van der Waals surface area contributed by atoms with Crippen LogP contribution >= 0.6 is 0 Å². The Bertz CT molecular complexity index is 1210. The van der Waals surface area contributed by atoms with Gasteiger partial charge in [-0.15, -0.1) is 0 Å². The zero-order chi connectivity index (χ0) is 21.4. The van der Waals surface area contributed by atoms with Crippen molar-refractivity contribution in [1.29, 1.82) is 0 Å². The molecule has 3 heterocycles. The predicted octanol–water partition coefficient (Wildman–Crippen LogP) is 4.49. The van der Waals surface area contributed by atoms with Crippen molar-refractivity contribution in [2.45, 2.75) is 6.18 Å². The molecule has 5 nitrogen and oxygen atoms in total. The van der Waals surface area contributed by atoms with Crippen LogP contribution in [0.5, 0.6) is 0 Å². The van der Waals surface area contributed by atoms with Crippen LogP contribution in [-0.4, -0.2) is 40.8 Å². The van der Waals surface area contributed by atoms with Crippen LogP contribution in [0.15, 0.2) is 67.1 Å². The van der Waals surface area contributed by atoms with Gasteiger partial charge in [-0.1, -0.05) is 24.3 Å². The van der Waals surface area contributed by atoms with Gasteiger partial charge in [0.2, 0.25) is 0 Å². The maximum atomic E-state index is 13.1. The second-order valence-corrected chi connectivity index (χ2v) is 7.53. The first-order valence-electron chi connectivity index (χ1n) is 10.1. The summed E-state index contributed by atoms with van der Waals surface area (Å²) >= 11 is 0. The second-order valence-electron chi connectivity index (χ2n) is 7.53. The van der Waals surface area contributed by atoms with Crippen molar-refractivity contribution in [3.63, 3.8) is 0 Å². The van der Waals surface area contributed by atoms with Crippen LogP contribution in [0.2, 0.25) is 0 Å². The third kappa shape index (κ3) is 3.86. The number of piperazine rings is 1. The van der Waals surface area contributed by atoms with E-state index in [0.717, 1.165) is 49.4 Å². The maximum absolute atomic E-state index is 13.1. The molecule has 0 spiro atoms. The van der Waals surface area contributed by atoms with Gasteiger partial charge in [0.05, 0.1) is 11.8 Å². The highest BCUT2D eigenvalue weighted by Gasteiger charge is 2.30. The summed E-state index contributed by atoms with van der Waals surface area (Å²) in [4.78, 5) is 6.84. The first-order valence-corrected chi connectivity index (χ1v) is 10.1. The minimum Gasteiger partial charge on any atom is -0.369 e. The largest absolute Gasteiger partial charge is 0.416 e. The molecular formula is C23H20F3N5. The van der Waals surface area contributed by atoms with Gasteiger partial charge in [0.1, 0.15) is 0 Å². The molecule has 31 heavy (non-hydrogen) atoms. The van der Waals surface area contributed by atoms with E-state index in [1.54, 1.807) is 23.0 Å². The first kappa shape index (κ1) is 19.6. The molecule has 1 fully saturated rings. The lowest BCUT2D eigenvalue weighted by Crippen LogP contribution is -2.43. The van der Waals surface area contributed by atoms with Crippen molar-refractivity contribution in [2.24, 2.45) is 0 Å². The standard InChI is InChI=1S/C23H20F3N5/c24-23(25,26)19-3-1-2-17(12-19)21-14-29-31-15-18(13-28-22(21)31)16-4-6-20(7-5-16)30-10-8-27-9-11-30/h1-7,12-15,27H,8-11H2. The van der Waals surface area contributed by atoms with Crippen LogP contribution in [0.1, 0.15) is 5.56 Å². The fraction of sp³-hybridized carbons (Fsp3) is 0.217. The van der Waals surface area contributed by atoms with E-state index in [1.165, 1.54) is 11.8 Å². The smallest absolute Gasteiger partial charge is 0.369 e. The fourth-order valence-electron chi connectivity index (χ4n) is 3.88. The third-order valence-electron chi connectivity index (χ3n) is 5.54.